The van der Waals surface area contributed by atoms with Crippen LogP contribution in [-0.2, 0) is 9.53 Å². The monoisotopic (exact) mass is 199 g/mol. The minimum absolute atomic E-state index is 0.0140. The fourth-order valence-electron chi connectivity index (χ4n) is 2.06. The molecule has 0 aliphatic carbocycles. The summed E-state index contributed by atoms with van der Waals surface area (Å²) in [5.41, 5.74) is 0. The largest absolute Gasteiger partial charge is 0.465 e. The van der Waals surface area contributed by atoms with E-state index in [4.69, 9.17) is 4.74 Å². The first-order valence-corrected chi connectivity index (χ1v) is 5.59. The summed E-state index contributed by atoms with van der Waals surface area (Å²) in [6.45, 7) is 8.70. The predicted molar refractivity (Wildman–Crippen MR) is 56.1 cm³/mol. The Morgan fingerprint density at radius 3 is 2.71 bits per heavy atom. The van der Waals surface area contributed by atoms with Crippen molar-refractivity contribution in [2.75, 3.05) is 19.7 Å². The predicted octanol–water partition coefficient (Wildman–Crippen LogP) is 1.67. The number of carbonyl (C=O) groups is 1. The quantitative estimate of drug-likeness (QED) is 0.645. The fourth-order valence-corrected chi connectivity index (χ4v) is 2.06. The van der Waals surface area contributed by atoms with Crippen molar-refractivity contribution in [2.45, 2.75) is 39.7 Å². The maximum atomic E-state index is 11.6. The van der Waals surface area contributed by atoms with Gasteiger partial charge in [0.15, 0.2) is 0 Å². The maximum Gasteiger partial charge on any atom is 0.323 e. The Bertz CT molecular complexity index is 194. The highest BCUT2D eigenvalue weighted by molar-refractivity contribution is 5.75. The van der Waals surface area contributed by atoms with Crippen LogP contribution < -0.4 is 0 Å². The molecule has 2 unspecified atom stereocenters. The van der Waals surface area contributed by atoms with E-state index >= 15 is 0 Å². The average Bonchev–Trinajstić information content (AvgIpc) is 2.54. The molecular formula is C11H21NO2. The molecule has 3 nitrogen and oxygen atoms in total. The van der Waals surface area contributed by atoms with Crippen molar-refractivity contribution in [1.82, 2.24) is 4.90 Å². The van der Waals surface area contributed by atoms with Crippen molar-refractivity contribution in [3.8, 4) is 0 Å². The molecule has 0 aromatic rings. The standard InChI is InChI=1S/C11H21NO2/c1-4-10(11(13)14-5-2)12-7-6-9(3)8-12/h9-10H,4-8H2,1-3H3. The normalized spacial score (nSPS) is 24.9. The summed E-state index contributed by atoms with van der Waals surface area (Å²) in [4.78, 5) is 13.9. The molecule has 0 N–H and O–H groups in total. The van der Waals surface area contributed by atoms with Gasteiger partial charge in [-0.2, -0.15) is 0 Å². The van der Waals surface area contributed by atoms with E-state index in [-0.39, 0.29) is 12.0 Å². The highest BCUT2D eigenvalue weighted by Gasteiger charge is 2.30. The highest BCUT2D eigenvalue weighted by Crippen LogP contribution is 2.19. The van der Waals surface area contributed by atoms with Crippen LogP contribution in [0, 0.1) is 5.92 Å². The summed E-state index contributed by atoms with van der Waals surface area (Å²) >= 11 is 0. The lowest BCUT2D eigenvalue weighted by Gasteiger charge is -2.24. The van der Waals surface area contributed by atoms with E-state index in [9.17, 15) is 4.79 Å². The molecule has 0 aromatic carbocycles. The van der Waals surface area contributed by atoms with E-state index in [2.05, 4.69) is 11.8 Å². The summed E-state index contributed by atoms with van der Waals surface area (Å²) in [7, 11) is 0. The second-order valence-electron chi connectivity index (χ2n) is 4.06. The van der Waals surface area contributed by atoms with Gasteiger partial charge in [0.1, 0.15) is 6.04 Å². The van der Waals surface area contributed by atoms with Crippen molar-refractivity contribution in [2.24, 2.45) is 5.92 Å². The lowest BCUT2D eigenvalue weighted by molar-refractivity contribution is -0.149. The van der Waals surface area contributed by atoms with Gasteiger partial charge in [-0.1, -0.05) is 13.8 Å². The summed E-state index contributed by atoms with van der Waals surface area (Å²) in [6, 6.07) is -0.0140. The Kier molecular flexibility index (Phi) is 4.39. The molecule has 1 aliphatic heterocycles. The Morgan fingerprint density at radius 2 is 2.29 bits per heavy atom. The molecular weight excluding hydrogens is 178 g/mol. The fraction of sp³-hybridized carbons (Fsp3) is 0.909. The maximum absolute atomic E-state index is 11.6. The van der Waals surface area contributed by atoms with Crippen LogP contribution in [0.3, 0.4) is 0 Å². The molecule has 14 heavy (non-hydrogen) atoms. The number of hydrogen-bond acceptors (Lipinski definition) is 3. The third-order valence-electron chi connectivity index (χ3n) is 2.84. The van der Waals surface area contributed by atoms with Crippen molar-refractivity contribution >= 4 is 5.97 Å². The molecule has 0 amide bonds. The summed E-state index contributed by atoms with van der Waals surface area (Å²) in [5, 5.41) is 0. The number of nitrogens with zero attached hydrogens (tertiary/aromatic N) is 1. The van der Waals surface area contributed by atoms with E-state index in [0.717, 1.165) is 25.4 Å². The molecule has 0 spiro atoms. The Labute approximate surface area is 86.4 Å². The van der Waals surface area contributed by atoms with Gasteiger partial charge in [0, 0.05) is 6.54 Å². The van der Waals surface area contributed by atoms with Crippen LogP contribution >= 0.6 is 0 Å². The highest BCUT2D eigenvalue weighted by atomic mass is 16.5. The Morgan fingerprint density at radius 1 is 1.57 bits per heavy atom. The van der Waals surface area contributed by atoms with Crippen LogP contribution in [-0.4, -0.2) is 36.6 Å². The van der Waals surface area contributed by atoms with Crippen LogP contribution in [0.5, 0.6) is 0 Å². The smallest absolute Gasteiger partial charge is 0.323 e. The molecule has 1 rings (SSSR count). The van der Waals surface area contributed by atoms with Crippen LogP contribution in [0.4, 0.5) is 0 Å². The van der Waals surface area contributed by atoms with E-state index in [0.29, 0.717) is 6.61 Å². The lowest BCUT2D eigenvalue weighted by Crippen LogP contribution is -2.40. The van der Waals surface area contributed by atoms with Gasteiger partial charge in [-0.15, -0.1) is 0 Å². The van der Waals surface area contributed by atoms with Gasteiger partial charge in [-0.05, 0) is 32.2 Å². The molecule has 0 bridgehead atoms. The molecule has 1 fully saturated rings. The SMILES string of the molecule is CCOC(=O)C(CC)N1CCC(C)C1. The van der Waals surface area contributed by atoms with Crippen LogP contribution in [0.2, 0.25) is 0 Å². The number of esters is 1. The number of ether oxygens (including phenoxy) is 1. The summed E-state index contributed by atoms with van der Waals surface area (Å²) in [6.07, 6.45) is 2.06. The number of likely N-dealkylation sites (tertiary alicyclic amines) is 1. The Hall–Kier alpha value is -0.570. The molecule has 2 atom stereocenters. The molecule has 1 saturated heterocycles. The van der Waals surface area contributed by atoms with Crippen LogP contribution in [0.25, 0.3) is 0 Å². The number of carbonyl (C=O) groups excluding carboxylic acids is 1. The van der Waals surface area contributed by atoms with Crippen molar-refractivity contribution < 1.29 is 9.53 Å². The van der Waals surface area contributed by atoms with Crippen LogP contribution in [0.15, 0.2) is 0 Å². The van der Waals surface area contributed by atoms with E-state index in [1.54, 1.807) is 0 Å². The zero-order valence-corrected chi connectivity index (χ0v) is 9.45. The van der Waals surface area contributed by atoms with Gasteiger partial charge in [0.25, 0.3) is 0 Å². The third-order valence-corrected chi connectivity index (χ3v) is 2.84. The second-order valence-corrected chi connectivity index (χ2v) is 4.06. The van der Waals surface area contributed by atoms with Gasteiger partial charge >= 0.3 is 5.97 Å². The van der Waals surface area contributed by atoms with Gasteiger partial charge in [-0.25, -0.2) is 0 Å². The topological polar surface area (TPSA) is 29.5 Å². The molecule has 82 valence electrons. The first kappa shape index (κ1) is 11.5. The minimum atomic E-state index is -0.0518. The van der Waals surface area contributed by atoms with E-state index in [1.165, 1.54) is 6.42 Å². The van der Waals surface area contributed by atoms with Crippen molar-refractivity contribution in [3.63, 3.8) is 0 Å². The summed E-state index contributed by atoms with van der Waals surface area (Å²) < 4.78 is 5.06. The summed E-state index contributed by atoms with van der Waals surface area (Å²) in [5.74, 6) is 0.669. The first-order valence-electron chi connectivity index (χ1n) is 5.59. The Balaban J connectivity index is 2.49. The number of rotatable bonds is 4. The number of hydrogen-bond donors (Lipinski definition) is 0. The molecule has 0 radical (unpaired) electrons. The van der Waals surface area contributed by atoms with Gasteiger partial charge in [0.2, 0.25) is 0 Å². The van der Waals surface area contributed by atoms with E-state index in [1.807, 2.05) is 13.8 Å². The van der Waals surface area contributed by atoms with E-state index < -0.39 is 0 Å². The van der Waals surface area contributed by atoms with Gasteiger partial charge < -0.3 is 4.74 Å². The zero-order chi connectivity index (χ0) is 10.6. The zero-order valence-electron chi connectivity index (χ0n) is 9.45. The third kappa shape index (κ3) is 2.71. The lowest BCUT2D eigenvalue weighted by atomic mass is 10.1. The molecule has 3 heteroatoms. The minimum Gasteiger partial charge on any atom is -0.465 e. The second kappa shape index (κ2) is 5.35. The molecule has 1 aliphatic rings. The molecule has 0 aromatic heterocycles. The van der Waals surface area contributed by atoms with Gasteiger partial charge in [0.05, 0.1) is 6.61 Å². The van der Waals surface area contributed by atoms with Crippen molar-refractivity contribution in [3.05, 3.63) is 0 Å². The van der Waals surface area contributed by atoms with Crippen LogP contribution in [0.1, 0.15) is 33.6 Å². The van der Waals surface area contributed by atoms with Gasteiger partial charge in [-0.3, -0.25) is 9.69 Å². The molecule has 0 saturated carbocycles. The average molecular weight is 199 g/mol. The first-order chi connectivity index (χ1) is 6.69. The molecule has 1 heterocycles. The van der Waals surface area contributed by atoms with Crippen molar-refractivity contribution in [1.29, 1.82) is 0 Å².